The fraction of sp³-hybridized carbons (Fsp3) is 0.0435. The van der Waals surface area contributed by atoms with Gasteiger partial charge in [0.05, 0.1) is 26.0 Å². The van der Waals surface area contributed by atoms with Gasteiger partial charge >= 0.3 is 0 Å². The SMILES string of the molecule is Cc1cc(/C=C/c2nc3ccccc3s2)c(O)c(-c2nc3ccccc3s2)c1. The van der Waals surface area contributed by atoms with Gasteiger partial charge in [-0.05, 0) is 61.0 Å². The Hall–Kier alpha value is -3.02. The van der Waals surface area contributed by atoms with Crippen molar-refractivity contribution in [3.8, 4) is 16.3 Å². The summed E-state index contributed by atoms with van der Waals surface area (Å²) in [4.78, 5) is 9.33. The number of hydrogen-bond acceptors (Lipinski definition) is 5. The number of benzene rings is 3. The van der Waals surface area contributed by atoms with E-state index in [0.29, 0.717) is 0 Å². The fourth-order valence-corrected chi connectivity index (χ4v) is 5.06. The van der Waals surface area contributed by atoms with Gasteiger partial charge in [-0.25, -0.2) is 9.97 Å². The lowest BCUT2D eigenvalue weighted by Gasteiger charge is -2.07. The van der Waals surface area contributed by atoms with Crippen molar-refractivity contribution in [2.45, 2.75) is 6.92 Å². The van der Waals surface area contributed by atoms with E-state index >= 15 is 0 Å². The number of fused-ring (bicyclic) bond motifs is 2. The molecule has 0 aliphatic heterocycles. The minimum Gasteiger partial charge on any atom is -0.507 e. The highest BCUT2D eigenvalue weighted by molar-refractivity contribution is 7.21. The Morgan fingerprint density at radius 3 is 2.21 bits per heavy atom. The van der Waals surface area contributed by atoms with Gasteiger partial charge in [-0.15, -0.1) is 22.7 Å². The Kier molecular flexibility index (Phi) is 4.19. The molecule has 5 heteroatoms. The molecular weight excluding hydrogens is 384 g/mol. The summed E-state index contributed by atoms with van der Waals surface area (Å²) >= 11 is 3.23. The Balaban J connectivity index is 1.56. The molecule has 0 bridgehead atoms. The highest BCUT2D eigenvalue weighted by Gasteiger charge is 2.13. The maximum Gasteiger partial charge on any atom is 0.133 e. The third-order valence-corrected chi connectivity index (χ3v) is 6.60. The number of aryl methyl sites for hydroxylation is 1. The van der Waals surface area contributed by atoms with Crippen LogP contribution in [0.4, 0.5) is 0 Å². The molecule has 136 valence electrons. The number of hydrogen-bond donors (Lipinski definition) is 1. The first-order chi connectivity index (χ1) is 13.7. The third-order valence-electron chi connectivity index (χ3n) is 4.52. The van der Waals surface area contributed by atoms with E-state index in [4.69, 9.17) is 4.98 Å². The molecule has 0 fully saturated rings. The van der Waals surface area contributed by atoms with Crippen LogP contribution in [0.15, 0.2) is 60.7 Å². The summed E-state index contributed by atoms with van der Waals surface area (Å²) in [5.74, 6) is 0.252. The molecule has 0 amide bonds. The number of nitrogens with zero attached hydrogens (tertiary/aromatic N) is 2. The molecule has 0 aliphatic carbocycles. The van der Waals surface area contributed by atoms with E-state index in [1.807, 2.05) is 67.6 Å². The average molecular weight is 401 g/mol. The number of phenols is 1. The van der Waals surface area contributed by atoms with E-state index < -0.39 is 0 Å². The zero-order valence-corrected chi connectivity index (χ0v) is 16.7. The maximum atomic E-state index is 10.9. The van der Waals surface area contributed by atoms with Gasteiger partial charge in [0.1, 0.15) is 15.8 Å². The molecule has 1 N–H and O–H groups in total. The largest absolute Gasteiger partial charge is 0.507 e. The Bertz CT molecular complexity index is 1280. The lowest BCUT2D eigenvalue weighted by molar-refractivity contribution is 0.476. The quantitative estimate of drug-likeness (QED) is 0.364. The Morgan fingerprint density at radius 1 is 0.821 bits per heavy atom. The molecule has 0 atom stereocenters. The predicted molar refractivity (Wildman–Crippen MR) is 120 cm³/mol. The van der Waals surface area contributed by atoms with Gasteiger partial charge in [0.2, 0.25) is 0 Å². The summed E-state index contributed by atoms with van der Waals surface area (Å²) in [7, 11) is 0. The summed E-state index contributed by atoms with van der Waals surface area (Å²) in [6.07, 6.45) is 3.89. The van der Waals surface area contributed by atoms with E-state index in [-0.39, 0.29) is 5.75 Å². The third kappa shape index (κ3) is 3.09. The van der Waals surface area contributed by atoms with Gasteiger partial charge in [0, 0.05) is 5.56 Å². The van der Waals surface area contributed by atoms with Crippen LogP contribution in [-0.2, 0) is 0 Å². The van der Waals surface area contributed by atoms with Crippen LogP contribution >= 0.6 is 22.7 Å². The standard InChI is InChI=1S/C23H16N2OS2/c1-14-12-15(10-11-21-24-17-6-2-4-8-19(17)27-21)22(26)16(13-14)23-25-18-7-3-5-9-20(18)28-23/h2-13,26H,1H3/b11-10+. The molecule has 0 aliphatic rings. The van der Waals surface area contributed by atoms with Gasteiger partial charge in [-0.1, -0.05) is 24.3 Å². The van der Waals surface area contributed by atoms with Crippen molar-refractivity contribution in [3.05, 3.63) is 76.8 Å². The van der Waals surface area contributed by atoms with Crippen LogP contribution in [0.5, 0.6) is 5.75 Å². The molecular formula is C23H16N2OS2. The van der Waals surface area contributed by atoms with Crippen molar-refractivity contribution in [3.63, 3.8) is 0 Å². The van der Waals surface area contributed by atoms with Crippen LogP contribution in [0.25, 0.3) is 43.2 Å². The zero-order valence-electron chi connectivity index (χ0n) is 15.1. The summed E-state index contributed by atoms with van der Waals surface area (Å²) in [6.45, 7) is 2.03. The Morgan fingerprint density at radius 2 is 1.50 bits per heavy atom. The molecule has 3 aromatic carbocycles. The second kappa shape index (κ2) is 6.86. The van der Waals surface area contributed by atoms with Crippen molar-refractivity contribution < 1.29 is 5.11 Å². The number of phenolic OH excluding ortho intramolecular Hbond substituents is 1. The lowest BCUT2D eigenvalue weighted by Crippen LogP contribution is -1.85. The minimum atomic E-state index is 0.252. The molecule has 0 saturated carbocycles. The molecule has 0 saturated heterocycles. The van der Waals surface area contributed by atoms with Gasteiger partial charge in [-0.3, -0.25) is 0 Å². The molecule has 0 unspecified atom stereocenters. The number of aromatic hydroxyl groups is 1. The normalized spacial score (nSPS) is 11.8. The van der Waals surface area contributed by atoms with Crippen molar-refractivity contribution in [1.82, 2.24) is 9.97 Å². The number of thiazole rings is 2. The summed E-state index contributed by atoms with van der Waals surface area (Å²) < 4.78 is 2.27. The molecule has 2 aromatic heterocycles. The zero-order chi connectivity index (χ0) is 19.1. The van der Waals surface area contributed by atoms with Crippen LogP contribution in [0.2, 0.25) is 0 Å². The van der Waals surface area contributed by atoms with Gasteiger partial charge in [0.15, 0.2) is 0 Å². The highest BCUT2D eigenvalue weighted by Crippen LogP contribution is 2.38. The second-order valence-corrected chi connectivity index (χ2v) is 8.68. The predicted octanol–water partition coefficient (Wildman–Crippen LogP) is 6.76. The van der Waals surface area contributed by atoms with Crippen LogP contribution in [0, 0.1) is 6.92 Å². The number of para-hydroxylation sites is 2. The van der Waals surface area contributed by atoms with Crippen molar-refractivity contribution in [2.24, 2.45) is 0 Å². The van der Waals surface area contributed by atoms with E-state index in [9.17, 15) is 5.11 Å². The Labute approximate surface area is 170 Å². The van der Waals surface area contributed by atoms with E-state index in [1.54, 1.807) is 22.7 Å². The molecule has 5 rings (SSSR count). The lowest BCUT2D eigenvalue weighted by atomic mass is 10.0. The van der Waals surface area contributed by atoms with Crippen molar-refractivity contribution in [1.29, 1.82) is 0 Å². The van der Waals surface area contributed by atoms with Crippen LogP contribution in [-0.4, -0.2) is 15.1 Å². The summed E-state index contributed by atoms with van der Waals surface area (Å²) in [5, 5.41) is 12.7. The van der Waals surface area contributed by atoms with Gasteiger partial charge < -0.3 is 5.11 Å². The van der Waals surface area contributed by atoms with Crippen LogP contribution < -0.4 is 0 Å². The molecule has 2 heterocycles. The van der Waals surface area contributed by atoms with E-state index in [0.717, 1.165) is 47.1 Å². The van der Waals surface area contributed by atoms with Gasteiger partial charge in [-0.2, -0.15) is 0 Å². The first kappa shape index (κ1) is 17.1. The van der Waals surface area contributed by atoms with Crippen molar-refractivity contribution in [2.75, 3.05) is 0 Å². The number of rotatable bonds is 3. The van der Waals surface area contributed by atoms with Crippen LogP contribution in [0.3, 0.4) is 0 Å². The first-order valence-electron chi connectivity index (χ1n) is 8.90. The van der Waals surface area contributed by atoms with Crippen molar-refractivity contribution >= 4 is 55.3 Å². The monoisotopic (exact) mass is 400 g/mol. The fourth-order valence-electron chi connectivity index (χ4n) is 3.21. The van der Waals surface area contributed by atoms with E-state index in [2.05, 4.69) is 17.1 Å². The second-order valence-electron chi connectivity index (χ2n) is 6.59. The highest BCUT2D eigenvalue weighted by atomic mass is 32.1. The molecule has 5 aromatic rings. The maximum absolute atomic E-state index is 10.9. The molecule has 28 heavy (non-hydrogen) atoms. The topological polar surface area (TPSA) is 46.0 Å². The summed E-state index contributed by atoms with van der Waals surface area (Å²) in [6, 6.07) is 20.1. The van der Waals surface area contributed by atoms with E-state index in [1.165, 1.54) is 0 Å². The minimum absolute atomic E-state index is 0.252. The molecule has 0 radical (unpaired) electrons. The van der Waals surface area contributed by atoms with Gasteiger partial charge in [0.25, 0.3) is 0 Å². The smallest absolute Gasteiger partial charge is 0.133 e. The average Bonchev–Trinajstić information content (AvgIpc) is 3.31. The molecule has 0 spiro atoms. The number of aromatic nitrogens is 2. The summed E-state index contributed by atoms with van der Waals surface area (Å²) in [5.41, 5.74) is 4.57. The first-order valence-corrected chi connectivity index (χ1v) is 10.5. The van der Waals surface area contributed by atoms with Crippen LogP contribution in [0.1, 0.15) is 16.1 Å². The molecule has 3 nitrogen and oxygen atoms in total.